The van der Waals surface area contributed by atoms with Crippen molar-refractivity contribution in [3.8, 4) is 23.0 Å². The molecular weight excluding hydrogens is 795 g/mol. The summed E-state index contributed by atoms with van der Waals surface area (Å²) in [6.07, 6.45) is 1.75. The zero-order valence-corrected chi connectivity index (χ0v) is 34.8. The maximum absolute atomic E-state index is 15.4. The van der Waals surface area contributed by atoms with Crippen molar-refractivity contribution in [1.82, 2.24) is 28.5 Å². The average molecular weight is 840 g/mol. The van der Waals surface area contributed by atoms with E-state index in [-0.39, 0.29) is 49.7 Å². The van der Waals surface area contributed by atoms with Crippen LogP contribution in [0.15, 0.2) is 111 Å². The number of aromatic nitrogens is 5. The monoisotopic (exact) mass is 839 g/mol. The predicted octanol–water partition coefficient (Wildman–Crippen LogP) is 4.35. The lowest BCUT2D eigenvalue weighted by molar-refractivity contribution is -0.138. The van der Waals surface area contributed by atoms with Crippen LogP contribution in [0.5, 0.6) is 23.0 Å². The van der Waals surface area contributed by atoms with Gasteiger partial charge in [0.2, 0.25) is 0 Å². The van der Waals surface area contributed by atoms with E-state index in [1.807, 2.05) is 43.3 Å². The van der Waals surface area contributed by atoms with E-state index in [1.165, 1.54) is 28.2 Å². The van der Waals surface area contributed by atoms with Gasteiger partial charge in [0.25, 0.3) is 17.4 Å². The molecule has 0 spiro atoms. The molecule has 2 aromatic heterocycles. The number of benzene rings is 4. The minimum Gasteiger partial charge on any atom is -0.504 e. The van der Waals surface area contributed by atoms with E-state index in [1.54, 1.807) is 68.6 Å². The number of hydrogen-bond acceptors (Lipinski definition) is 11. The SMILES string of the molecule is CCOc1cccc([C@H]2C3=CCn4c(=O)n(CCc5nc6cc(OC)c(OC)cc6n(C)c5=O)c(=O)n4[C@@H]3C[C@H]3C(=O)N(Nc4ccc(C)cc4)C(=O)[C@@]23c2ccccc2)c1O. The number of aromatic hydroxyl groups is 1. The van der Waals surface area contributed by atoms with Crippen molar-refractivity contribution in [1.29, 1.82) is 0 Å². The van der Waals surface area contributed by atoms with Gasteiger partial charge in [-0.2, -0.15) is 5.01 Å². The van der Waals surface area contributed by atoms with E-state index in [4.69, 9.17) is 14.2 Å². The Balaban J connectivity index is 1.18. The molecule has 9 rings (SSSR count). The Bertz CT molecular complexity index is 3000. The molecule has 62 heavy (non-hydrogen) atoms. The number of phenolic OH excluding ortho intramolecular Hbond substituents is 1. The van der Waals surface area contributed by atoms with Crippen LogP contribution in [0.25, 0.3) is 11.0 Å². The molecule has 2 aliphatic heterocycles. The second-order valence-electron chi connectivity index (χ2n) is 15.8. The van der Waals surface area contributed by atoms with Gasteiger partial charge in [0, 0.05) is 43.6 Å². The van der Waals surface area contributed by atoms with Crippen LogP contribution in [0, 0.1) is 12.8 Å². The lowest BCUT2D eigenvalue weighted by Crippen LogP contribution is -2.53. The first-order valence-electron chi connectivity index (χ1n) is 20.4. The number of anilines is 1. The van der Waals surface area contributed by atoms with Crippen molar-refractivity contribution in [2.24, 2.45) is 13.0 Å². The highest BCUT2D eigenvalue weighted by atomic mass is 16.5. The van der Waals surface area contributed by atoms with Crippen molar-refractivity contribution in [3.05, 3.63) is 150 Å². The molecule has 6 aromatic rings. The highest BCUT2D eigenvalue weighted by molar-refractivity contribution is 6.12. The summed E-state index contributed by atoms with van der Waals surface area (Å²) in [5.74, 6) is -2.29. The number of hydrogen-bond donors (Lipinski definition) is 2. The lowest BCUT2D eigenvalue weighted by Gasteiger charge is -2.49. The van der Waals surface area contributed by atoms with Gasteiger partial charge in [0.15, 0.2) is 23.0 Å². The van der Waals surface area contributed by atoms with Crippen LogP contribution >= 0.6 is 0 Å². The molecule has 2 N–H and O–H groups in total. The first-order chi connectivity index (χ1) is 29.9. The highest BCUT2D eigenvalue weighted by Crippen LogP contribution is 2.63. The van der Waals surface area contributed by atoms with Gasteiger partial charge in [-0.25, -0.2) is 28.5 Å². The fraction of sp³-hybridized carbons (Fsp3) is 0.304. The van der Waals surface area contributed by atoms with Crippen LogP contribution in [0.2, 0.25) is 0 Å². The van der Waals surface area contributed by atoms with Gasteiger partial charge in [-0.15, -0.1) is 0 Å². The summed E-state index contributed by atoms with van der Waals surface area (Å²) in [7, 11) is 4.60. The van der Waals surface area contributed by atoms with Gasteiger partial charge in [0.1, 0.15) is 5.69 Å². The van der Waals surface area contributed by atoms with Gasteiger partial charge in [-0.1, -0.05) is 66.2 Å². The molecule has 0 unspecified atom stereocenters. The first kappa shape index (κ1) is 40.1. The zero-order chi connectivity index (χ0) is 43.6. The molecule has 0 radical (unpaired) electrons. The lowest BCUT2D eigenvalue weighted by atomic mass is 9.53. The second kappa shape index (κ2) is 15.3. The summed E-state index contributed by atoms with van der Waals surface area (Å²) in [5, 5.41) is 13.1. The number of allylic oxidation sites excluding steroid dienone is 2. The zero-order valence-electron chi connectivity index (χ0n) is 34.8. The third-order valence-electron chi connectivity index (χ3n) is 12.6. The smallest absolute Gasteiger partial charge is 0.347 e. The van der Waals surface area contributed by atoms with Crippen LogP contribution in [-0.2, 0) is 41.6 Å². The van der Waals surface area contributed by atoms with E-state index >= 15 is 4.79 Å². The maximum Gasteiger partial charge on any atom is 0.347 e. The summed E-state index contributed by atoms with van der Waals surface area (Å²) >= 11 is 0. The number of nitrogens with zero attached hydrogens (tertiary/aromatic N) is 6. The molecule has 318 valence electrons. The molecule has 4 atom stereocenters. The molecular formula is C46H45N7O9. The Morgan fingerprint density at radius 3 is 2.32 bits per heavy atom. The standard InChI is InChI=1S/C46H45N7O9/c1-6-62-36-14-10-13-30(40(36)54)39-29-19-22-51-44(58)50(21-20-32-42(56)49(3)35-25-38(61-5)37(60-4)24-33(35)47-32)45(59)53(51)34(29)23-31-41(55)52(48-28-17-15-26(2)16-18-28)43(57)46(31,39)27-11-8-7-9-12-27/h7-19,24-25,31,34,39,48,54H,6,20-23H2,1-5H3/t31-,34+,39+,46+/m0/s1. The number of ether oxygens (including phenoxy) is 3. The van der Waals surface area contributed by atoms with Crippen LogP contribution in [0.1, 0.15) is 47.7 Å². The van der Waals surface area contributed by atoms with E-state index in [2.05, 4.69) is 10.4 Å². The topological polar surface area (TPSA) is 181 Å². The number of para-hydroxylation sites is 1. The summed E-state index contributed by atoms with van der Waals surface area (Å²) in [4.78, 5) is 77.6. The molecule has 2 fully saturated rings. The number of carbonyl (C=O) groups is 2. The van der Waals surface area contributed by atoms with Crippen LogP contribution in [0.4, 0.5) is 5.69 Å². The van der Waals surface area contributed by atoms with Crippen LogP contribution in [0.3, 0.4) is 0 Å². The third-order valence-corrected chi connectivity index (χ3v) is 12.6. The third kappa shape index (κ3) is 5.95. The normalized spacial score (nSPS) is 20.4. The molecule has 1 saturated carbocycles. The molecule has 2 amide bonds. The number of aryl methyl sites for hydroxylation is 3. The number of phenols is 1. The van der Waals surface area contributed by atoms with E-state index in [0.29, 0.717) is 44.9 Å². The van der Waals surface area contributed by atoms with E-state index in [9.17, 15) is 24.3 Å². The minimum atomic E-state index is -1.61. The van der Waals surface area contributed by atoms with Crippen LogP contribution in [-0.4, -0.2) is 66.2 Å². The first-order valence-corrected chi connectivity index (χ1v) is 20.4. The van der Waals surface area contributed by atoms with E-state index in [0.717, 1.165) is 15.1 Å². The van der Waals surface area contributed by atoms with Gasteiger partial charge >= 0.3 is 11.4 Å². The fourth-order valence-corrected chi connectivity index (χ4v) is 9.73. The maximum atomic E-state index is 15.4. The fourth-order valence-electron chi connectivity index (χ4n) is 9.73. The summed E-state index contributed by atoms with van der Waals surface area (Å²) in [6.45, 7) is 3.77. The number of amides is 2. The summed E-state index contributed by atoms with van der Waals surface area (Å²) in [6, 6.07) is 23.8. The Labute approximate surface area is 354 Å². The number of methoxy groups -OCH3 is 2. The minimum absolute atomic E-state index is 0.0266. The van der Waals surface area contributed by atoms with Crippen molar-refractivity contribution < 1.29 is 28.9 Å². The van der Waals surface area contributed by atoms with Crippen LogP contribution < -0.4 is 36.6 Å². The number of rotatable bonds is 11. The van der Waals surface area contributed by atoms with Gasteiger partial charge in [-0.3, -0.25) is 19.8 Å². The van der Waals surface area contributed by atoms with Gasteiger partial charge < -0.3 is 23.9 Å². The average Bonchev–Trinajstić information content (AvgIpc) is 3.65. The number of fused-ring (bicyclic) bond motifs is 5. The van der Waals surface area contributed by atoms with Crippen molar-refractivity contribution >= 4 is 28.5 Å². The molecule has 16 nitrogen and oxygen atoms in total. The molecule has 4 aromatic carbocycles. The molecule has 4 heterocycles. The molecule has 1 saturated heterocycles. The Hall–Kier alpha value is -7.36. The Morgan fingerprint density at radius 2 is 1.61 bits per heavy atom. The summed E-state index contributed by atoms with van der Waals surface area (Å²) in [5.41, 5.74) is 3.89. The number of imide groups is 1. The van der Waals surface area contributed by atoms with E-state index < -0.39 is 52.0 Å². The Kier molecular flexibility index (Phi) is 9.87. The van der Waals surface area contributed by atoms with Gasteiger partial charge in [0.05, 0.1) is 61.5 Å². The summed E-state index contributed by atoms with van der Waals surface area (Å²) < 4.78 is 21.9. The largest absolute Gasteiger partial charge is 0.504 e. The number of nitrogens with one attached hydrogen (secondary N) is 1. The number of carbonyl (C=O) groups excluding carboxylic acids is 2. The quantitative estimate of drug-likeness (QED) is 0.140. The predicted molar refractivity (Wildman–Crippen MR) is 229 cm³/mol. The second-order valence-corrected chi connectivity index (χ2v) is 15.8. The molecule has 16 heteroatoms. The molecule has 1 aliphatic carbocycles. The van der Waals surface area contributed by atoms with Crippen molar-refractivity contribution in [3.63, 3.8) is 0 Å². The number of hydrazine groups is 1. The van der Waals surface area contributed by atoms with Gasteiger partial charge in [-0.05, 0) is 49.6 Å². The van der Waals surface area contributed by atoms with Crippen molar-refractivity contribution in [2.45, 2.75) is 57.2 Å². The molecule has 3 aliphatic rings. The highest BCUT2D eigenvalue weighted by Gasteiger charge is 2.69. The Morgan fingerprint density at radius 1 is 0.887 bits per heavy atom. The van der Waals surface area contributed by atoms with Crippen molar-refractivity contribution in [2.75, 3.05) is 26.3 Å². The molecule has 0 bridgehead atoms.